The topological polar surface area (TPSA) is 58.6 Å². The second-order valence-corrected chi connectivity index (χ2v) is 7.54. The number of carbonyl (C=O) groups excluding carboxylic acids is 2. The normalized spacial score (nSPS) is 11.3. The zero-order valence-electron chi connectivity index (χ0n) is 14.6. The summed E-state index contributed by atoms with van der Waals surface area (Å²) in [6.45, 7) is 8.33. The first-order chi connectivity index (χ1) is 11.3. The molecule has 1 heterocycles. The Bertz CT molecular complexity index is 718. The van der Waals surface area contributed by atoms with E-state index in [1.165, 1.54) is 10.1 Å². The average molecular weight is 348 g/mol. The lowest BCUT2D eigenvalue weighted by Gasteiger charge is -2.23. The number of ether oxygens (including phenoxy) is 1. The Balaban J connectivity index is 1.93. The fourth-order valence-corrected chi connectivity index (χ4v) is 3.27. The van der Waals surface area contributed by atoms with Crippen LogP contribution < -0.4 is 5.32 Å². The summed E-state index contributed by atoms with van der Waals surface area (Å²) >= 11 is 1.68. The molecule has 0 aliphatic rings. The Labute approximate surface area is 146 Å². The monoisotopic (exact) mass is 348 g/mol. The van der Waals surface area contributed by atoms with Crippen molar-refractivity contribution in [2.45, 2.75) is 39.8 Å². The minimum Gasteiger partial charge on any atom is -0.444 e. The molecular formula is C18H24N2O3S. The van der Waals surface area contributed by atoms with Crippen LogP contribution in [-0.4, -0.2) is 35.6 Å². The van der Waals surface area contributed by atoms with Gasteiger partial charge in [-0.15, -0.1) is 11.3 Å². The molecule has 2 rings (SSSR count). The van der Waals surface area contributed by atoms with Crippen LogP contribution in [0.15, 0.2) is 29.6 Å². The number of benzene rings is 1. The third-order valence-electron chi connectivity index (χ3n) is 3.42. The first-order valence-corrected chi connectivity index (χ1v) is 8.82. The van der Waals surface area contributed by atoms with E-state index >= 15 is 0 Å². The smallest absolute Gasteiger partial charge is 0.407 e. The number of alkyl carbamates (subject to hydrolysis) is 1. The fraction of sp³-hybridized carbons (Fsp3) is 0.444. The molecule has 1 aromatic heterocycles. The molecule has 130 valence electrons. The van der Waals surface area contributed by atoms with Crippen LogP contribution in [0.2, 0.25) is 0 Å². The molecule has 6 heteroatoms. The molecule has 24 heavy (non-hydrogen) atoms. The Kier molecular flexibility index (Phi) is 5.83. The van der Waals surface area contributed by atoms with Crippen molar-refractivity contribution in [2.24, 2.45) is 0 Å². The van der Waals surface area contributed by atoms with Gasteiger partial charge in [0.25, 0.3) is 0 Å². The zero-order valence-corrected chi connectivity index (χ0v) is 15.4. The van der Waals surface area contributed by atoms with Gasteiger partial charge < -0.3 is 15.0 Å². The highest BCUT2D eigenvalue weighted by Gasteiger charge is 2.17. The maximum absolute atomic E-state index is 11.9. The summed E-state index contributed by atoms with van der Waals surface area (Å²) < 4.78 is 6.40. The average Bonchev–Trinajstić information content (AvgIpc) is 2.87. The summed E-state index contributed by atoms with van der Waals surface area (Å²) in [5.41, 5.74) is 0.600. The summed E-state index contributed by atoms with van der Waals surface area (Å²) in [4.78, 5) is 25.3. The van der Waals surface area contributed by atoms with E-state index in [9.17, 15) is 9.59 Å². The molecule has 0 aliphatic carbocycles. The van der Waals surface area contributed by atoms with E-state index in [2.05, 4.69) is 22.8 Å². The lowest BCUT2D eigenvalue weighted by molar-refractivity contribution is -0.129. The predicted octanol–water partition coefficient (Wildman–Crippen LogP) is 3.77. The van der Waals surface area contributed by atoms with Crippen LogP contribution in [0.3, 0.4) is 0 Å². The largest absolute Gasteiger partial charge is 0.444 e. The van der Waals surface area contributed by atoms with E-state index in [0.29, 0.717) is 19.6 Å². The summed E-state index contributed by atoms with van der Waals surface area (Å²) in [5.74, 6) is -0.0173. The molecule has 5 nitrogen and oxygen atoms in total. The molecule has 0 spiro atoms. The first kappa shape index (κ1) is 18.3. The number of nitrogens with one attached hydrogen (secondary N) is 1. The molecule has 0 saturated carbocycles. The first-order valence-electron chi connectivity index (χ1n) is 7.94. The zero-order chi connectivity index (χ0) is 17.7. The number of carbonyl (C=O) groups is 2. The predicted molar refractivity (Wildman–Crippen MR) is 97.2 cm³/mol. The van der Waals surface area contributed by atoms with Crippen LogP contribution >= 0.6 is 11.3 Å². The lowest BCUT2D eigenvalue weighted by Crippen LogP contribution is -2.39. The van der Waals surface area contributed by atoms with E-state index < -0.39 is 11.7 Å². The van der Waals surface area contributed by atoms with Crippen LogP contribution in [0.1, 0.15) is 33.3 Å². The second kappa shape index (κ2) is 7.66. The molecule has 0 bridgehead atoms. The van der Waals surface area contributed by atoms with E-state index in [-0.39, 0.29) is 5.91 Å². The number of nitrogens with zero attached hydrogens (tertiary/aromatic N) is 1. The second-order valence-electron chi connectivity index (χ2n) is 6.63. The van der Waals surface area contributed by atoms with Gasteiger partial charge in [0.1, 0.15) is 5.60 Å². The van der Waals surface area contributed by atoms with Crippen LogP contribution in [0.5, 0.6) is 0 Å². The molecule has 2 aromatic rings. The standard InChI is InChI=1S/C18H24N2O3S/c1-13(21)20(10-9-19-17(22)23-18(2,3)4)11-14-12-24-16-8-6-5-7-15(14)16/h5-8,12H,9-11H2,1-4H3,(H,19,22). The van der Waals surface area contributed by atoms with Crippen molar-refractivity contribution >= 4 is 33.4 Å². The van der Waals surface area contributed by atoms with Gasteiger partial charge in [-0.3, -0.25) is 4.79 Å². The number of rotatable bonds is 5. The number of hydrogen-bond acceptors (Lipinski definition) is 4. The van der Waals surface area contributed by atoms with E-state index in [4.69, 9.17) is 4.74 Å². The van der Waals surface area contributed by atoms with E-state index in [0.717, 1.165) is 5.56 Å². The van der Waals surface area contributed by atoms with Crippen molar-refractivity contribution in [1.29, 1.82) is 0 Å². The Hall–Kier alpha value is -2.08. The minimum atomic E-state index is -0.528. The third kappa shape index (κ3) is 5.23. The number of thiophene rings is 1. The Morgan fingerprint density at radius 1 is 1.25 bits per heavy atom. The lowest BCUT2D eigenvalue weighted by atomic mass is 10.1. The van der Waals surface area contributed by atoms with Crippen molar-refractivity contribution in [3.8, 4) is 0 Å². The van der Waals surface area contributed by atoms with Crippen LogP contribution in [0.4, 0.5) is 4.79 Å². The quantitative estimate of drug-likeness (QED) is 0.895. The number of hydrogen-bond donors (Lipinski definition) is 1. The molecule has 0 aliphatic heterocycles. The molecule has 0 radical (unpaired) electrons. The van der Waals surface area contributed by atoms with Gasteiger partial charge in [0.05, 0.1) is 0 Å². The number of amides is 2. The van der Waals surface area contributed by atoms with Crippen molar-refractivity contribution in [1.82, 2.24) is 10.2 Å². The minimum absolute atomic E-state index is 0.0173. The van der Waals surface area contributed by atoms with E-state index in [1.807, 2.05) is 32.9 Å². The molecular weight excluding hydrogens is 324 g/mol. The van der Waals surface area contributed by atoms with Gasteiger partial charge >= 0.3 is 6.09 Å². The van der Waals surface area contributed by atoms with Gasteiger partial charge in [-0.05, 0) is 43.2 Å². The molecule has 1 N–H and O–H groups in total. The maximum atomic E-state index is 11.9. The van der Waals surface area contributed by atoms with Crippen LogP contribution in [-0.2, 0) is 16.1 Å². The summed E-state index contributed by atoms with van der Waals surface area (Å²) in [6.07, 6.45) is -0.466. The Morgan fingerprint density at radius 3 is 2.62 bits per heavy atom. The van der Waals surface area contributed by atoms with Crippen molar-refractivity contribution in [3.63, 3.8) is 0 Å². The van der Waals surface area contributed by atoms with Gasteiger partial charge in [-0.1, -0.05) is 18.2 Å². The molecule has 1 aromatic carbocycles. The van der Waals surface area contributed by atoms with Crippen LogP contribution in [0, 0.1) is 0 Å². The Morgan fingerprint density at radius 2 is 1.96 bits per heavy atom. The maximum Gasteiger partial charge on any atom is 0.407 e. The molecule has 0 atom stereocenters. The van der Waals surface area contributed by atoms with Crippen molar-refractivity contribution in [3.05, 3.63) is 35.2 Å². The highest BCUT2D eigenvalue weighted by Crippen LogP contribution is 2.26. The van der Waals surface area contributed by atoms with Crippen molar-refractivity contribution in [2.75, 3.05) is 13.1 Å². The van der Waals surface area contributed by atoms with E-state index in [1.54, 1.807) is 23.2 Å². The highest BCUT2D eigenvalue weighted by atomic mass is 32.1. The van der Waals surface area contributed by atoms with Gasteiger partial charge in [-0.25, -0.2) is 4.79 Å². The number of fused-ring (bicyclic) bond motifs is 1. The molecule has 0 fully saturated rings. The summed E-state index contributed by atoms with van der Waals surface area (Å²) in [5, 5.41) is 5.95. The third-order valence-corrected chi connectivity index (χ3v) is 4.43. The van der Waals surface area contributed by atoms with Gasteiger partial charge in [0, 0.05) is 31.3 Å². The molecule has 2 amide bonds. The van der Waals surface area contributed by atoms with Gasteiger partial charge in [-0.2, -0.15) is 0 Å². The van der Waals surface area contributed by atoms with Gasteiger partial charge in [0.15, 0.2) is 0 Å². The molecule has 0 unspecified atom stereocenters. The summed E-state index contributed by atoms with van der Waals surface area (Å²) in [6, 6.07) is 8.15. The fourth-order valence-electron chi connectivity index (χ4n) is 2.32. The molecule has 0 saturated heterocycles. The van der Waals surface area contributed by atoms with Crippen LogP contribution in [0.25, 0.3) is 10.1 Å². The summed E-state index contributed by atoms with van der Waals surface area (Å²) in [7, 11) is 0. The highest BCUT2D eigenvalue weighted by molar-refractivity contribution is 7.17. The van der Waals surface area contributed by atoms with Crippen molar-refractivity contribution < 1.29 is 14.3 Å². The SMILES string of the molecule is CC(=O)N(CCNC(=O)OC(C)(C)C)Cc1csc2ccccc12. The van der Waals surface area contributed by atoms with Gasteiger partial charge in [0.2, 0.25) is 5.91 Å².